The summed E-state index contributed by atoms with van der Waals surface area (Å²) in [5.74, 6) is 0. The number of fused-ring (bicyclic) bond motifs is 2. The Hall–Kier alpha value is -3.54. The summed E-state index contributed by atoms with van der Waals surface area (Å²) in [4.78, 5) is 26.9. The maximum absolute atomic E-state index is 11.3. The molecule has 0 N–H and O–H groups in total. The molecule has 0 unspecified atom stereocenters. The van der Waals surface area contributed by atoms with Crippen molar-refractivity contribution in [3.8, 4) is 0 Å². The van der Waals surface area contributed by atoms with E-state index in [4.69, 9.17) is 8.83 Å². The van der Waals surface area contributed by atoms with Crippen LogP contribution >= 0.6 is 0 Å². The number of aryl methyl sites for hydroxylation is 1. The van der Waals surface area contributed by atoms with Crippen LogP contribution in [0.5, 0.6) is 0 Å². The molecule has 2 aromatic carbocycles. The van der Waals surface area contributed by atoms with Crippen molar-refractivity contribution in [2.45, 2.75) is 34.6 Å². The summed E-state index contributed by atoms with van der Waals surface area (Å²) in [5.41, 5.74) is 3.87. The second-order valence-electron chi connectivity index (χ2n) is 7.75. The van der Waals surface area contributed by atoms with E-state index < -0.39 is 0 Å². The number of anilines is 2. The molecular formula is C27H32N2O4. The topological polar surface area (TPSA) is 66.9 Å². The van der Waals surface area contributed by atoms with Gasteiger partial charge in [-0.25, -0.2) is 9.59 Å². The maximum atomic E-state index is 11.3. The highest BCUT2D eigenvalue weighted by atomic mass is 16.4. The van der Waals surface area contributed by atoms with Crippen LogP contribution in [0.2, 0.25) is 0 Å². The largest absolute Gasteiger partial charge is 0.423 e. The molecule has 0 aliphatic heterocycles. The first-order chi connectivity index (χ1) is 15.9. The molecule has 0 fully saturated rings. The number of benzene rings is 2. The Morgan fingerprint density at radius 2 is 1.15 bits per heavy atom. The molecule has 33 heavy (non-hydrogen) atoms. The predicted molar refractivity (Wildman–Crippen MR) is 137 cm³/mol. The second kappa shape index (κ2) is 10.9. The van der Waals surface area contributed by atoms with Crippen molar-refractivity contribution in [2.24, 2.45) is 0 Å². The zero-order chi connectivity index (χ0) is 24.0. The molecule has 0 aliphatic rings. The van der Waals surface area contributed by atoms with Crippen molar-refractivity contribution in [1.82, 2.24) is 0 Å². The van der Waals surface area contributed by atoms with Gasteiger partial charge < -0.3 is 18.6 Å². The maximum Gasteiger partial charge on any atom is 0.336 e. The number of hydrogen-bond acceptors (Lipinski definition) is 6. The standard InChI is InChI=1S/C14H17NO2.C13H15NO2/c1-4-15(5-2)11-6-7-12-10(3)8-14(16)17-13(12)9-11;1-3-14(4-2)11-7-5-10-6-8-13(15)16-12(10)9-11/h6-9H,4-5H2,1-3H3;5-9H,3-4H2,1-2H3. The van der Waals surface area contributed by atoms with Crippen LogP contribution in [0.1, 0.15) is 33.3 Å². The van der Waals surface area contributed by atoms with E-state index in [1.54, 1.807) is 6.07 Å². The number of nitrogens with zero attached hydrogens (tertiary/aromatic N) is 2. The molecular weight excluding hydrogens is 416 g/mol. The summed E-state index contributed by atoms with van der Waals surface area (Å²) in [7, 11) is 0. The van der Waals surface area contributed by atoms with Gasteiger partial charge in [-0.15, -0.1) is 0 Å². The SMILES string of the molecule is CCN(CC)c1ccc2c(C)cc(=O)oc2c1.CCN(CC)c1ccc2ccc(=O)oc2c1. The van der Waals surface area contributed by atoms with Crippen LogP contribution in [0.15, 0.2) is 73.0 Å². The highest BCUT2D eigenvalue weighted by Gasteiger charge is 2.07. The third-order valence-corrected chi connectivity index (χ3v) is 5.80. The molecule has 0 radical (unpaired) electrons. The third kappa shape index (κ3) is 5.64. The van der Waals surface area contributed by atoms with Crippen molar-refractivity contribution in [3.63, 3.8) is 0 Å². The molecule has 0 bridgehead atoms. The first-order valence-electron chi connectivity index (χ1n) is 11.5. The van der Waals surface area contributed by atoms with Crippen LogP contribution in [-0.2, 0) is 0 Å². The molecule has 0 saturated carbocycles. The van der Waals surface area contributed by atoms with Gasteiger partial charge in [0.05, 0.1) is 0 Å². The minimum atomic E-state index is -0.302. The minimum Gasteiger partial charge on any atom is -0.423 e. The Balaban J connectivity index is 0.000000186. The lowest BCUT2D eigenvalue weighted by atomic mass is 10.1. The molecule has 0 atom stereocenters. The lowest BCUT2D eigenvalue weighted by Gasteiger charge is -2.21. The minimum absolute atomic E-state index is 0.285. The van der Waals surface area contributed by atoms with Gasteiger partial charge in [-0.3, -0.25) is 0 Å². The van der Waals surface area contributed by atoms with Crippen LogP contribution in [0.25, 0.3) is 21.9 Å². The van der Waals surface area contributed by atoms with Crippen molar-refractivity contribution in [1.29, 1.82) is 0 Å². The van der Waals surface area contributed by atoms with E-state index in [0.29, 0.717) is 11.2 Å². The van der Waals surface area contributed by atoms with Crippen LogP contribution in [0, 0.1) is 6.92 Å². The van der Waals surface area contributed by atoms with Crippen LogP contribution in [0.3, 0.4) is 0 Å². The van der Waals surface area contributed by atoms with E-state index in [9.17, 15) is 9.59 Å². The van der Waals surface area contributed by atoms with Gasteiger partial charge in [0.25, 0.3) is 0 Å². The molecule has 0 spiro atoms. The lowest BCUT2D eigenvalue weighted by Crippen LogP contribution is -2.21. The number of hydrogen-bond donors (Lipinski definition) is 0. The van der Waals surface area contributed by atoms with Crippen LogP contribution in [-0.4, -0.2) is 26.2 Å². The van der Waals surface area contributed by atoms with Crippen molar-refractivity contribution in [2.75, 3.05) is 36.0 Å². The molecule has 6 heteroatoms. The smallest absolute Gasteiger partial charge is 0.336 e. The lowest BCUT2D eigenvalue weighted by molar-refractivity contribution is 0.559. The summed E-state index contributed by atoms with van der Waals surface area (Å²) >= 11 is 0. The van der Waals surface area contributed by atoms with Gasteiger partial charge in [0.15, 0.2) is 0 Å². The van der Waals surface area contributed by atoms with Crippen molar-refractivity contribution in [3.05, 3.63) is 81.0 Å². The van der Waals surface area contributed by atoms with Gasteiger partial charge in [-0.2, -0.15) is 0 Å². The molecule has 2 heterocycles. The van der Waals surface area contributed by atoms with E-state index in [0.717, 1.165) is 53.9 Å². The first kappa shape index (κ1) is 24.1. The average Bonchev–Trinajstić information content (AvgIpc) is 2.80. The molecule has 0 aliphatic carbocycles. The van der Waals surface area contributed by atoms with E-state index in [-0.39, 0.29) is 11.3 Å². The van der Waals surface area contributed by atoms with Crippen LogP contribution in [0.4, 0.5) is 11.4 Å². The first-order valence-corrected chi connectivity index (χ1v) is 11.5. The van der Waals surface area contributed by atoms with Gasteiger partial charge >= 0.3 is 11.3 Å². The van der Waals surface area contributed by atoms with E-state index in [1.807, 2.05) is 31.2 Å². The predicted octanol–water partition coefficient (Wildman–Crippen LogP) is 5.59. The van der Waals surface area contributed by atoms with E-state index >= 15 is 0 Å². The third-order valence-electron chi connectivity index (χ3n) is 5.80. The van der Waals surface area contributed by atoms with Gasteiger partial charge in [0.2, 0.25) is 0 Å². The Labute approximate surface area is 194 Å². The van der Waals surface area contributed by atoms with Gasteiger partial charge in [0, 0.05) is 72.6 Å². The molecule has 0 amide bonds. The summed E-state index contributed by atoms with van der Waals surface area (Å²) in [6, 6.07) is 16.7. The monoisotopic (exact) mass is 448 g/mol. The highest BCUT2D eigenvalue weighted by Crippen LogP contribution is 2.23. The molecule has 2 aromatic heterocycles. The van der Waals surface area contributed by atoms with E-state index in [2.05, 4.69) is 49.6 Å². The molecule has 6 nitrogen and oxygen atoms in total. The fraction of sp³-hybridized carbons (Fsp3) is 0.333. The zero-order valence-electron chi connectivity index (χ0n) is 20.1. The van der Waals surface area contributed by atoms with Crippen LogP contribution < -0.4 is 21.1 Å². The molecule has 4 aromatic rings. The Kier molecular flexibility index (Phi) is 7.93. The zero-order valence-corrected chi connectivity index (χ0v) is 20.1. The Morgan fingerprint density at radius 3 is 1.76 bits per heavy atom. The normalized spacial score (nSPS) is 10.7. The summed E-state index contributed by atoms with van der Waals surface area (Å²) in [5, 5.41) is 1.95. The summed E-state index contributed by atoms with van der Waals surface area (Å²) < 4.78 is 10.4. The van der Waals surface area contributed by atoms with Crippen molar-refractivity contribution < 1.29 is 8.83 Å². The van der Waals surface area contributed by atoms with Gasteiger partial charge in [0.1, 0.15) is 11.2 Å². The summed E-state index contributed by atoms with van der Waals surface area (Å²) in [6.07, 6.45) is 0. The van der Waals surface area contributed by atoms with Gasteiger partial charge in [-0.1, -0.05) is 0 Å². The van der Waals surface area contributed by atoms with Gasteiger partial charge in [-0.05, 0) is 70.5 Å². The van der Waals surface area contributed by atoms with Crippen molar-refractivity contribution >= 4 is 33.3 Å². The van der Waals surface area contributed by atoms with E-state index in [1.165, 1.54) is 12.1 Å². The Morgan fingerprint density at radius 1 is 0.636 bits per heavy atom. The fourth-order valence-electron chi connectivity index (χ4n) is 3.93. The molecule has 174 valence electrons. The highest BCUT2D eigenvalue weighted by molar-refractivity contribution is 5.83. The molecule has 4 rings (SSSR count). The number of rotatable bonds is 6. The molecule has 0 saturated heterocycles. The second-order valence-corrected chi connectivity index (χ2v) is 7.75. The summed E-state index contributed by atoms with van der Waals surface area (Å²) in [6.45, 7) is 14.1. The Bertz CT molecular complexity index is 1330. The average molecular weight is 449 g/mol. The fourth-order valence-corrected chi connectivity index (χ4v) is 3.93. The quantitative estimate of drug-likeness (QED) is 0.358.